The molecule has 0 aliphatic rings. The highest BCUT2D eigenvalue weighted by atomic mass is 32.2. The molecule has 0 N–H and O–H groups in total. The van der Waals surface area contributed by atoms with E-state index in [2.05, 4.69) is 62.6 Å². The average molecular weight is 252 g/mol. The summed E-state index contributed by atoms with van der Waals surface area (Å²) in [6, 6.07) is 9.29. The van der Waals surface area contributed by atoms with Crippen LogP contribution in [0.3, 0.4) is 0 Å². The first-order valence-electron chi connectivity index (χ1n) is 6.21. The van der Waals surface area contributed by atoms with Gasteiger partial charge in [0.1, 0.15) is 0 Å². The van der Waals surface area contributed by atoms with Gasteiger partial charge >= 0.3 is 0 Å². The maximum atomic E-state index is 2.40. The Hall–Kier alpha value is -0.213. The van der Waals surface area contributed by atoms with Gasteiger partial charge in [-0.05, 0) is 17.7 Å². The van der Waals surface area contributed by atoms with Crippen molar-refractivity contribution < 1.29 is 0 Å². The van der Waals surface area contributed by atoms with Crippen molar-refractivity contribution in [2.45, 2.75) is 45.2 Å². The molecule has 0 bridgehead atoms. The minimum atomic E-state index is -1.11. The third-order valence-corrected chi connectivity index (χ3v) is 5.91. The molecule has 0 atom stereocenters. The topological polar surface area (TPSA) is 0 Å². The van der Waals surface area contributed by atoms with Crippen molar-refractivity contribution in [3.05, 3.63) is 29.8 Å². The molecule has 16 heavy (non-hydrogen) atoms. The molecule has 90 valence electrons. The highest BCUT2D eigenvalue weighted by molar-refractivity contribution is 7.98. The van der Waals surface area contributed by atoms with Gasteiger partial charge in [0.15, 0.2) is 0 Å². The van der Waals surface area contributed by atoms with Gasteiger partial charge < -0.3 is 0 Å². The highest BCUT2D eigenvalue weighted by Crippen LogP contribution is 2.13. The van der Waals surface area contributed by atoms with E-state index in [1.54, 1.807) is 5.19 Å². The van der Waals surface area contributed by atoms with E-state index in [0.717, 1.165) is 0 Å². The van der Waals surface area contributed by atoms with Crippen LogP contribution in [-0.4, -0.2) is 13.8 Å². The second-order valence-corrected chi connectivity index (χ2v) is 11.5. The average Bonchev–Trinajstić information content (AvgIpc) is 2.24. The van der Waals surface area contributed by atoms with Crippen LogP contribution in [0.25, 0.3) is 0 Å². The van der Waals surface area contributed by atoms with Gasteiger partial charge in [0, 0.05) is 5.75 Å². The summed E-state index contributed by atoms with van der Waals surface area (Å²) in [4.78, 5) is 0. The molecule has 1 rings (SSSR count). The largest absolute Gasteiger partial charge is 0.157 e. The molecule has 0 unspecified atom stereocenters. The molecule has 0 saturated carbocycles. The van der Waals surface area contributed by atoms with Crippen molar-refractivity contribution in [1.82, 2.24) is 0 Å². The maximum absolute atomic E-state index is 2.40. The van der Waals surface area contributed by atoms with Crippen LogP contribution in [0.15, 0.2) is 24.3 Å². The Balaban J connectivity index is 2.46. The quantitative estimate of drug-likeness (QED) is 0.538. The van der Waals surface area contributed by atoms with Gasteiger partial charge in [-0.1, -0.05) is 62.4 Å². The van der Waals surface area contributed by atoms with E-state index in [1.807, 2.05) is 0 Å². The van der Waals surface area contributed by atoms with E-state index in [4.69, 9.17) is 0 Å². The summed E-state index contributed by atoms with van der Waals surface area (Å²) in [7, 11) is -1.11. The summed E-state index contributed by atoms with van der Waals surface area (Å²) >= 11 is 2.06. The summed E-state index contributed by atoms with van der Waals surface area (Å²) in [5.74, 6) is 2.47. The third-order valence-electron chi connectivity index (χ3n) is 2.73. The lowest BCUT2D eigenvalue weighted by Crippen LogP contribution is -2.37. The molecule has 0 aromatic heterocycles. The number of rotatable bonds is 6. The van der Waals surface area contributed by atoms with E-state index >= 15 is 0 Å². The summed E-state index contributed by atoms with van der Waals surface area (Å²) in [5.41, 5.74) is 1.48. The zero-order valence-corrected chi connectivity index (χ0v) is 12.9. The standard InChI is InChI=1S/C14H24SSi/c1-5-6-11-15-12-13-7-9-14(10-8-13)16(2,3)4/h7-10H,5-6,11-12H2,1-4H3. The van der Waals surface area contributed by atoms with Gasteiger partial charge in [0.25, 0.3) is 0 Å². The molecule has 0 spiro atoms. The van der Waals surface area contributed by atoms with Crippen molar-refractivity contribution in [3.63, 3.8) is 0 Å². The lowest BCUT2D eigenvalue weighted by molar-refractivity contribution is 0.896. The van der Waals surface area contributed by atoms with Crippen LogP contribution in [0.4, 0.5) is 0 Å². The van der Waals surface area contributed by atoms with Crippen molar-refractivity contribution in [2.24, 2.45) is 0 Å². The Morgan fingerprint density at radius 3 is 2.19 bits per heavy atom. The summed E-state index contributed by atoms with van der Waals surface area (Å²) < 4.78 is 0. The van der Waals surface area contributed by atoms with Crippen LogP contribution < -0.4 is 5.19 Å². The van der Waals surface area contributed by atoms with Gasteiger partial charge in [-0.2, -0.15) is 11.8 Å². The molecule has 0 saturated heterocycles. The predicted molar refractivity (Wildman–Crippen MR) is 80.5 cm³/mol. The molecule has 0 aliphatic carbocycles. The molecule has 0 aliphatic heterocycles. The number of benzene rings is 1. The van der Waals surface area contributed by atoms with Crippen molar-refractivity contribution >= 4 is 25.0 Å². The minimum Gasteiger partial charge on any atom is -0.157 e. The van der Waals surface area contributed by atoms with Gasteiger partial charge in [-0.15, -0.1) is 0 Å². The molecule has 0 heterocycles. The third kappa shape index (κ3) is 4.75. The molecule has 0 amide bonds. The molecule has 1 aromatic rings. The van der Waals surface area contributed by atoms with E-state index in [1.165, 1.54) is 29.9 Å². The zero-order valence-electron chi connectivity index (χ0n) is 11.0. The second kappa shape index (κ2) is 6.50. The Kier molecular flexibility index (Phi) is 5.63. The van der Waals surface area contributed by atoms with Crippen LogP contribution in [0.5, 0.6) is 0 Å². The fraction of sp³-hybridized carbons (Fsp3) is 0.571. The van der Waals surface area contributed by atoms with Crippen LogP contribution in [0.2, 0.25) is 19.6 Å². The monoisotopic (exact) mass is 252 g/mol. The molecule has 0 nitrogen and oxygen atoms in total. The Morgan fingerprint density at radius 2 is 1.69 bits per heavy atom. The Labute approximate surface area is 106 Å². The first-order valence-corrected chi connectivity index (χ1v) is 10.9. The van der Waals surface area contributed by atoms with E-state index in [0.29, 0.717) is 0 Å². The minimum absolute atomic E-state index is 1.11. The van der Waals surface area contributed by atoms with Crippen LogP contribution >= 0.6 is 11.8 Å². The van der Waals surface area contributed by atoms with Crippen molar-refractivity contribution in [3.8, 4) is 0 Å². The summed E-state index contributed by atoms with van der Waals surface area (Å²) in [6.07, 6.45) is 2.65. The first kappa shape index (κ1) is 13.9. The second-order valence-electron chi connectivity index (χ2n) is 5.35. The smallest absolute Gasteiger partial charge is 0.0775 e. The number of thioether (sulfide) groups is 1. The van der Waals surface area contributed by atoms with Gasteiger partial charge in [-0.25, -0.2) is 0 Å². The van der Waals surface area contributed by atoms with Crippen LogP contribution in [0.1, 0.15) is 25.3 Å². The number of hydrogen-bond donors (Lipinski definition) is 0. The Bertz CT molecular complexity index is 298. The van der Waals surface area contributed by atoms with Crippen molar-refractivity contribution in [2.75, 3.05) is 5.75 Å². The fourth-order valence-electron chi connectivity index (χ4n) is 1.54. The lowest BCUT2D eigenvalue weighted by atomic mass is 10.2. The summed E-state index contributed by atoms with van der Waals surface area (Å²) in [6.45, 7) is 9.46. The highest BCUT2D eigenvalue weighted by Gasteiger charge is 2.15. The zero-order chi connectivity index (χ0) is 12.0. The SMILES string of the molecule is CCCCSCc1ccc([Si](C)(C)C)cc1. The maximum Gasteiger partial charge on any atom is 0.0775 e. The molecule has 2 heteroatoms. The number of unbranched alkanes of at least 4 members (excludes halogenated alkanes) is 1. The first-order chi connectivity index (χ1) is 7.54. The fourth-order valence-corrected chi connectivity index (χ4v) is 3.77. The summed E-state index contributed by atoms with van der Waals surface area (Å²) in [5, 5.41) is 1.56. The molecule has 0 fully saturated rings. The van der Waals surface area contributed by atoms with E-state index in [-0.39, 0.29) is 0 Å². The van der Waals surface area contributed by atoms with Gasteiger partial charge in [0.2, 0.25) is 0 Å². The molecule has 0 radical (unpaired) electrons. The van der Waals surface area contributed by atoms with Gasteiger partial charge in [-0.3, -0.25) is 0 Å². The van der Waals surface area contributed by atoms with E-state index in [9.17, 15) is 0 Å². The van der Waals surface area contributed by atoms with Gasteiger partial charge in [0.05, 0.1) is 8.07 Å². The van der Waals surface area contributed by atoms with E-state index < -0.39 is 8.07 Å². The lowest BCUT2D eigenvalue weighted by Gasteiger charge is -2.16. The van der Waals surface area contributed by atoms with Crippen LogP contribution in [0, 0.1) is 0 Å². The normalized spacial score (nSPS) is 11.8. The molecule has 1 aromatic carbocycles. The number of hydrogen-bond acceptors (Lipinski definition) is 1. The van der Waals surface area contributed by atoms with Crippen LogP contribution in [-0.2, 0) is 5.75 Å². The molecular weight excluding hydrogens is 228 g/mol. The van der Waals surface area contributed by atoms with Crippen molar-refractivity contribution in [1.29, 1.82) is 0 Å². The Morgan fingerprint density at radius 1 is 1.06 bits per heavy atom. The predicted octanol–water partition coefficient (Wildman–Crippen LogP) is 4.27. The molecular formula is C14H24SSi.